The second-order valence-corrected chi connectivity index (χ2v) is 8.38. The van der Waals surface area contributed by atoms with Gasteiger partial charge in [0.05, 0.1) is 33.4 Å². The van der Waals surface area contributed by atoms with Crippen molar-refractivity contribution in [2.45, 2.75) is 16.0 Å². The summed E-state index contributed by atoms with van der Waals surface area (Å²) in [7, 11) is 0. The molecular weight excluding hydrogens is 402 g/mol. The Kier molecular flexibility index (Phi) is 5.96. The molecular formula is C19H15NO6S2. The highest BCUT2D eigenvalue weighted by Gasteiger charge is 2.33. The largest absolute Gasteiger partial charge is 0.481 e. The van der Waals surface area contributed by atoms with Crippen LogP contribution in [0, 0.1) is 5.92 Å². The lowest BCUT2D eigenvalue weighted by molar-refractivity contribution is -0.148. The number of aromatic nitrogens is 1. The Balaban J connectivity index is 2.00. The topological polar surface area (TPSA) is 125 Å². The maximum Gasteiger partial charge on any atom is 0.335 e. The zero-order valence-corrected chi connectivity index (χ0v) is 15.9. The van der Waals surface area contributed by atoms with E-state index in [-0.39, 0.29) is 5.56 Å². The van der Waals surface area contributed by atoms with Gasteiger partial charge in [-0.2, -0.15) is 0 Å². The van der Waals surface area contributed by atoms with E-state index in [0.29, 0.717) is 9.90 Å². The predicted molar refractivity (Wildman–Crippen MR) is 105 cm³/mol. The smallest absolute Gasteiger partial charge is 0.335 e. The van der Waals surface area contributed by atoms with E-state index >= 15 is 0 Å². The quantitative estimate of drug-likeness (QED) is 0.470. The first-order valence-corrected chi connectivity index (χ1v) is 9.85. The van der Waals surface area contributed by atoms with Gasteiger partial charge in [0, 0.05) is 0 Å². The number of hydrogen-bond donors (Lipinski definition) is 3. The summed E-state index contributed by atoms with van der Waals surface area (Å²) < 4.78 is 1.56. The van der Waals surface area contributed by atoms with E-state index < -0.39 is 35.5 Å². The highest BCUT2D eigenvalue weighted by atomic mass is 32.2. The Morgan fingerprint density at radius 3 is 2.25 bits per heavy atom. The van der Waals surface area contributed by atoms with Crippen molar-refractivity contribution in [1.82, 2.24) is 4.98 Å². The van der Waals surface area contributed by atoms with Crippen molar-refractivity contribution < 1.29 is 29.7 Å². The number of nitrogens with zero attached hydrogens (tertiary/aromatic N) is 1. The molecule has 28 heavy (non-hydrogen) atoms. The molecule has 0 saturated carbocycles. The number of carboxylic acid groups (broad SMARTS) is 3. The Hall–Kier alpha value is -2.91. The van der Waals surface area contributed by atoms with E-state index in [1.165, 1.54) is 47.4 Å². The fraction of sp³-hybridized carbons (Fsp3) is 0.158. The molecule has 0 spiro atoms. The molecule has 1 aromatic heterocycles. The van der Waals surface area contributed by atoms with E-state index in [9.17, 15) is 19.5 Å². The van der Waals surface area contributed by atoms with Crippen molar-refractivity contribution in [2.24, 2.45) is 5.92 Å². The molecule has 2 atom stereocenters. The first-order valence-electron chi connectivity index (χ1n) is 8.15. The van der Waals surface area contributed by atoms with Crippen molar-refractivity contribution >= 4 is 51.2 Å². The molecule has 3 N–H and O–H groups in total. The van der Waals surface area contributed by atoms with Crippen LogP contribution in [0.15, 0.2) is 52.9 Å². The van der Waals surface area contributed by atoms with Crippen molar-refractivity contribution in [3.05, 3.63) is 59.7 Å². The predicted octanol–water partition coefficient (Wildman–Crippen LogP) is 4.00. The highest BCUT2D eigenvalue weighted by Crippen LogP contribution is 2.44. The molecule has 0 aliphatic heterocycles. The van der Waals surface area contributed by atoms with Crippen molar-refractivity contribution in [3.8, 4) is 0 Å². The van der Waals surface area contributed by atoms with Crippen LogP contribution in [0.3, 0.4) is 0 Å². The summed E-state index contributed by atoms with van der Waals surface area (Å²) in [6.07, 6.45) is -0.557. The van der Waals surface area contributed by atoms with Crippen LogP contribution < -0.4 is 0 Å². The summed E-state index contributed by atoms with van der Waals surface area (Å²) in [5.41, 5.74) is 1.38. The van der Waals surface area contributed by atoms with E-state index in [4.69, 9.17) is 10.2 Å². The third kappa shape index (κ3) is 4.49. The fourth-order valence-corrected chi connectivity index (χ4v) is 5.23. The number of thiazole rings is 1. The number of benzene rings is 2. The molecule has 0 bridgehead atoms. The van der Waals surface area contributed by atoms with Gasteiger partial charge in [-0.05, 0) is 29.8 Å². The molecule has 1 heterocycles. The van der Waals surface area contributed by atoms with Gasteiger partial charge in [0.15, 0.2) is 4.34 Å². The van der Waals surface area contributed by atoms with Gasteiger partial charge in [0.25, 0.3) is 0 Å². The molecule has 0 fully saturated rings. The third-order valence-electron chi connectivity index (χ3n) is 4.07. The zero-order valence-electron chi connectivity index (χ0n) is 14.3. The fourth-order valence-electron chi connectivity index (χ4n) is 2.72. The van der Waals surface area contributed by atoms with Crippen LogP contribution in [0.2, 0.25) is 0 Å². The molecule has 0 aliphatic carbocycles. The number of hydrogen-bond acceptors (Lipinski definition) is 6. The van der Waals surface area contributed by atoms with Crippen LogP contribution in [0.1, 0.15) is 27.6 Å². The Labute approximate surface area is 167 Å². The van der Waals surface area contributed by atoms with Gasteiger partial charge in [-0.1, -0.05) is 36.0 Å². The first-order chi connectivity index (χ1) is 13.3. The summed E-state index contributed by atoms with van der Waals surface area (Å²) in [5, 5.41) is 27.1. The lowest BCUT2D eigenvalue weighted by Gasteiger charge is -2.22. The number of rotatable bonds is 8. The van der Waals surface area contributed by atoms with Crippen molar-refractivity contribution in [1.29, 1.82) is 0 Å². The number of para-hydroxylation sites is 1. The van der Waals surface area contributed by atoms with E-state index in [2.05, 4.69) is 4.98 Å². The van der Waals surface area contributed by atoms with Gasteiger partial charge < -0.3 is 15.3 Å². The van der Waals surface area contributed by atoms with Crippen LogP contribution in [-0.2, 0) is 9.59 Å². The van der Waals surface area contributed by atoms with Gasteiger partial charge in [0.1, 0.15) is 0 Å². The Bertz CT molecular complexity index is 997. The van der Waals surface area contributed by atoms with E-state index in [1.54, 1.807) is 0 Å². The number of thioether (sulfide) groups is 1. The molecule has 0 aliphatic rings. The molecule has 0 radical (unpaired) electrons. The molecule has 7 nitrogen and oxygen atoms in total. The zero-order chi connectivity index (χ0) is 20.3. The van der Waals surface area contributed by atoms with Gasteiger partial charge >= 0.3 is 17.9 Å². The number of carboxylic acids is 3. The van der Waals surface area contributed by atoms with Crippen molar-refractivity contribution in [3.63, 3.8) is 0 Å². The highest BCUT2D eigenvalue weighted by molar-refractivity contribution is 8.01. The average Bonchev–Trinajstić information content (AvgIpc) is 3.07. The van der Waals surface area contributed by atoms with Crippen LogP contribution in [0.4, 0.5) is 0 Å². The molecule has 0 amide bonds. The summed E-state index contributed by atoms with van der Waals surface area (Å²) in [6.45, 7) is 0. The molecule has 3 rings (SSSR count). The van der Waals surface area contributed by atoms with Crippen LogP contribution in [-0.4, -0.2) is 38.2 Å². The minimum absolute atomic E-state index is 0.0672. The molecule has 3 aromatic rings. The standard InChI is InChI=1S/C19H15NO6S2/c21-15(22)9-12(18(25)26)16(10-5-7-11(8-6-10)17(23)24)28-19-20-13-3-1-2-4-14(13)27-19/h1-8,12,16H,9H2,(H,21,22)(H,23,24)(H,25,26). The second kappa shape index (κ2) is 8.41. The summed E-state index contributed by atoms with van der Waals surface area (Å²) in [4.78, 5) is 38.6. The lowest BCUT2D eigenvalue weighted by Crippen LogP contribution is -2.23. The molecule has 2 unspecified atom stereocenters. The van der Waals surface area contributed by atoms with Gasteiger partial charge in [-0.15, -0.1) is 11.3 Å². The van der Waals surface area contributed by atoms with Crippen molar-refractivity contribution in [2.75, 3.05) is 0 Å². The van der Waals surface area contributed by atoms with E-state index in [0.717, 1.165) is 10.2 Å². The summed E-state index contributed by atoms with van der Waals surface area (Å²) in [6, 6.07) is 13.3. The maximum atomic E-state index is 11.8. The summed E-state index contributed by atoms with van der Waals surface area (Å²) in [5.74, 6) is -4.75. The van der Waals surface area contributed by atoms with Crippen LogP contribution in [0.5, 0.6) is 0 Å². The van der Waals surface area contributed by atoms with E-state index in [1.807, 2.05) is 24.3 Å². The minimum Gasteiger partial charge on any atom is -0.481 e. The SMILES string of the molecule is O=C(O)CC(C(=O)O)C(Sc1nc2ccccc2s1)c1ccc(C(=O)O)cc1. The van der Waals surface area contributed by atoms with Gasteiger partial charge in [-0.25, -0.2) is 9.78 Å². The van der Waals surface area contributed by atoms with Gasteiger partial charge in [-0.3, -0.25) is 9.59 Å². The molecule has 2 aromatic carbocycles. The average molecular weight is 417 g/mol. The first kappa shape index (κ1) is 19.8. The Morgan fingerprint density at radius 1 is 1.00 bits per heavy atom. The lowest BCUT2D eigenvalue weighted by atomic mass is 9.95. The summed E-state index contributed by atoms with van der Waals surface area (Å²) >= 11 is 2.57. The maximum absolute atomic E-state index is 11.8. The normalized spacial score (nSPS) is 13.1. The molecule has 144 valence electrons. The second-order valence-electron chi connectivity index (χ2n) is 5.96. The molecule has 0 saturated heterocycles. The van der Waals surface area contributed by atoms with Crippen LogP contribution >= 0.6 is 23.1 Å². The van der Waals surface area contributed by atoms with Crippen LogP contribution in [0.25, 0.3) is 10.2 Å². The van der Waals surface area contributed by atoms with Gasteiger partial charge in [0.2, 0.25) is 0 Å². The molecule has 9 heteroatoms. The number of carbonyl (C=O) groups is 3. The third-order valence-corrected chi connectivity index (χ3v) is 6.58. The minimum atomic E-state index is -1.23. The monoisotopic (exact) mass is 417 g/mol. The number of aliphatic carboxylic acids is 2. The number of aromatic carboxylic acids is 1. The Morgan fingerprint density at radius 2 is 1.68 bits per heavy atom. The number of fused-ring (bicyclic) bond motifs is 1.